The van der Waals surface area contributed by atoms with Crippen molar-refractivity contribution in [3.63, 3.8) is 0 Å². The van der Waals surface area contributed by atoms with Crippen LogP contribution in [0.1, 0.15) is 56.3 Å². The third-order valence-electron chi connectivity index (χ3n) is 7.06. The van der Waals surface area contributed by atoms with Gasteiger partial charge in [-0.25, -0.2) is 8.42 Å². The van der Waals surface area contributed by atoms with Crippen molar-refractivity contribution in [2.45, 2.75) is 70.2 Å². The average molecular weight is 466 g/mol. The number of piperidine rings is 2. The van der Waals surface area contributed by atoms with Gasteiger partial charge in [-0.1, -0.05) is 0 Å². The summed E-state index contributed by atoms with van der Waals surface area (Å²) in [7, 11) is -3.80. The fraction of sp³-hybridized carbons (Fsp3) is 0.773. The summed E-state index contributed by atoms with van der Waals surface area (Å²) in [6.45, 7) is 7.13. The lowest BCUT2D eigenvalue weighted by Gasteiger charge is -2.35. The molecule has 0 bridgehead atoms. The van der Waals surface area contributed by atoms with Crippen molar-refractivity contribution < 1.29 is 18.0 Å². The lowest BCUT2D eigenvalue weighted by atomic mass is 9.97. The number of aromatic nitrogens is 2. The maximum Gasteiger partial charge on any atom is 0.246 e. The standard InChI is InChI=1S/C22H35N5O4S/c1-17-21(18(2)27(23-17)16-20(28)24-10-6-7-11-24)32(30,31)26-14-8-9-19(15-26)22(29)25-12-4-3-5-13-25/h19H,3-16H2,1-2H3/t19-/m0/s1. The molecule has 178 valence electrons. The number of nitrogens with zero attached hydrogens (tertiary/aromatic N) is 5. The molecule has 1 aromatic heterocycles. The molecule has 9 nitrogen and oxygen atoms in total. The van der Waals surface area contributed by atoms with E-state index >= 15 is 0 Å². The molecule has 0 aliphatic carbocycles. The number of carbonyl (C=O) groups excluding carboxylic acids is 2. The van der Waals surface area contributed by atoms with Crippen LogP contribution in [0, 0.1) is 19.8 Å². The van der Waals surface area contributed by atoms with Gasteiger partial charge in [-0.15, -0.1) is 0 Å². The zero-order chi connectivity index (χ0) is 22.9. The quantitative estimate of drug-likeness (QED) is 0.657. The lowest BCUT2D eigenvalue weighted by Crippen LogP contribution is -2.48. The summed E-state index contributed by atoms with van der Waals surface area (Å²) >= 11 is 0. The molecule has 32 heavy (non-hydrogen) atoms. The molecule has 3 saturated heterocycles. The first-order valence-corrected chi connectivity index (χ1v) is 13.3. The summed E-state index contributed by atoms with van der Waals surface area (Å²) in [5.74, 6) is -0.226. The van der Waals surface area contributed by atoms with Crippen molar-refractivity contribution in [1.29, 1.82) is 0 Å². The first-order chi connectivity index (χ1) is 15.3. The Labute approximate surface area is 190 Å². The van der Waals surface area contributed by atoms with E-state index in [0.717, 1.165) is 64.7 Å². The molecule has 1 atom stereocenters. The second kappa shape index (κ2) is 9.51. The Balaban J connectivity index is 1.50. The van der Waals surface area contributed by atoms with Gasteiger partial charge in [0.2, 0.25) is 21.8 Å². The summed E-state index contributed by atoms with van der Waals surface area (Å²) in [5.41, 5.74) is 0.890. The zero-order valence-electron chi connectivity index (χ0n) is 19.3. The number of carbonyl (C=O) groups is 2. The van der Waals surface area contributed by atoms with Gasteiger partial charge in [0.25, 0.3) is 0 Å². The molecular weight excluding hydrogens is 430 g/mol. The Morgan fingerprint density at radius 1 is 0.906 bits per heavy atom. The fourth-order valence-corrected chi connectivity index (χ4v) is 7.16. The smallest absolute Gasteiger partial charge is 0.246 e. The van der Waals surface area contributed by atoms with Crippen LogP contribution in [0.4, 0.5) is 0 Å². The van der Waals surface area contributed by atoms with Crippen LogP contribution in [0.15, 0.2) is 4.90 Å². The lowest BCUT2D eigenvalue weighted by molar-refractivity contribution is -0.137. The molecule has 0 aromatic carbocycles. The molecule has 3 aliphatic heterocycles. The molecule has 0 saturated carbocycles. The minimum absolute atomic E-state index is 0.0257. The summed E-state index contributed by atoms with van der Waals surface area (Å²) < 4.78 is 30.1. The van der Waals surface area contributed by atoms with Gasteiger partial charge in [-0.05, 0) is 58.8 Å². The van der Waals surface area contributed by atoms with Crippen molar-refractivity contribution in [2.75, 3.05) is 39.3 Å². The summed E-state index contributed by atoms with van der Waals surface area (Å²) in [4.78, 5) is 29.5. The molecule has 3 aliphatic rings. The summed E-state index contributed by atoms with van der Waals surface area (Å²) in [6.07, 6.45) is 6.61. The maximum absolute atomic E-state index is 13.6. The molecule has 0 radical (unpaired) electrons. The monoisotopic (exact) mass is 465 g/mol. The Morgan fingerprint density at radius 2 is 1.53 bits per heavy atom. The predicted molar refractivity (Wildman–Crippen MR) is 119 cm³/mol. The molecule has 3 fully saturated rings. The molecule has 1 aromatic rings. The Morgan fingerprint density at radius 3 is 2.22 bits per heavy atom. The highest BCUT2D eigenvalue weighted by atomic mass is 32.2. The number of amides is 2. The Bertz CT molecular complexity index is 961. The van der Waals surface area contributed by atoms with Crippen LogP contribution in [0.5, 0.6) is 0 Å². The van der Waals surface area contributed by atoms with E-state index in [4.69, 9.17) is 0 Å². The predicted octanol–water partition coefficient (Wildman–Crippen LogP) is 1.54. The van der Waals surface area contributed by atoms with Crippen LogP contribution in [-0.4, -0.2) is 83.4 Å². The minimum Gasteiger partial charge on any atom is -0.342 e. The van der Waals surface area contributed by atoms with E-state index in [1.165, 1.54) is 8.99 Å². The third-order valence-corrected chi connectivity index (χ3v) is 9.18. The van der Waals surface area contributed by atoms with E-state index in [1.54, 1.807) is 13.8 Å². The highest BCUT2D eigenvalue weighted by molar-refractivity contribution is 7.89. The molecule has 10 heteroatoms. The van der Waals surface area contributed by atoms with E-state index in [1.807, 2.05) is 9.80 Å². The van der Waals surface area contributed by atoms with Crippen molar-refractivity contribution in [2.24, 2.45) is 5.92 Å². The second-order valence-electron chi connectivity index (χ2n) is 9.33. The van der Waals surface area contributed by atoms with Gasteiger partial charge in [0.05, 0.1) is 17.3 Å². The molecular formula is C22H35N5O4S. The highest BCUT2D eigenvalue weighted by Crippen LogP contribution is 2.29. The van der Waals surface area contributed by atoms with Gasteiger partial charge in [0, 0.05) is 39.3 Å². The van der Waals surface area contributed by atoms with E-state index in [0.29, 0.717) is 24.4 Å². The van der Waals surface area contributed by atoms with E-state index in [-0.39, 0.29) is 35.7 Å². The molecule has 4 rings (SSSR count). The average Bonchev–Trinajstić information content (AvgIpc) is 3.42. The van der Waals surface area contributed by atoms with Gasteiger partial charge < -0.3 is 9.80 Å². The number of likely N-dealkylation sites (tertiary alicyclic amines) is 2. The summed E-state index contributed by atoms with van der Waals surface area (Å²) in [6, 6.07) is 0. The SMILES string of the molecule is Cc1nn(CC(=O)N2CCCC2)c(C)c1S(=O)(=O)N1CCC[C@H](C(=O)N2CCCCC2)C1. The third kappa shape index (κ3) is 4.57. The van der Waals surface area contributed by atoms with Gasteiger partial charge in [-0.2, -0.15) is 9.40 Å². The Hall–Kier alpha value is -1.94. The number of hydrogen-bond acceptors (Lipinski definition) is 5. The molecule has 4 heterocycles. The number of rotatable bonds is 5. The first kappa shape index (κ1) is 23.2. The van der Waals surface area contributed by atoms with Crippen molar-refractivity contribution in [3.05, 3.63) is 11.4 Å². The highest BCUT2D eigenvalue weighted by Gasteiger charge is 2.38. The molecule has 0 unspecified atom stereocenters. The van der Waals surface area contributed by atoms with Gasteiger partial charge in [0.15, 0.2) is 0 Å². The van der Waals surface area contributed by atoms with Crippen LogP contribution in [0.2, 0.25) is 0 Å². The number of sulfonamides is 1. The summed E-state index contributed by atoms with van der Waals surface area (Å²) in [5, 5.41) is 4.40. The fourth-order valence-electron chi connectivity index (χ4n) is 5.27. The molecule has 2 amide bonds. The van der Waals surface area contributed by atoms with Crippen LogP contribution < -0.4 is 0 Å². The zero-order valence-corrected chi connectivity index (χ0v) is 20.1. The molecule has 0 spiro atoms. The van der Waals surface area contributed by atoms with Gasteiger partial charge >= 0.3 is 0 Å². The number of aryl methyl sites for hydroxylation is 1. The maximum atomic E-state index is 13.6. The van der Waals surface area contributed by atoms with Crippen LogP contribution >= 0.6 is 0 Å². The van der Waals surface area contributed by atoms with E-state index in [9.17, 15) is 18.0 Å². The van der Waals surface area contributed by atoms with E-state index < -0.39 is 10.0 Å². The molecule has 0 N–H and O–H groups in total. The van der Waals surface area contributed by atoms with Crippen molar-refractivity contribution in [1.82, 2.24) is 23.9 Å². The van der Waals surface area contributed by atoms with Crippen LogP contribution in [0.25, 0.3) is 0 Å². The van der Waals surface area contributed by atoms with Crippen molar-refractivity contribution in [3.8, 4) is 0 Å². The normalized spacial score (nSPS) is 23.0. The van der Waals surface area contributed by atoms with Gasteiger partial charge in [0.1, 0.15) is 11.4 Å². The second-order valence-corrected chi connectivity index (χ2v) is 11.2. The largest absolute Gasteiger partial charge is 0.342 e. The first-order valence-electron chi connectivity index (χ1n) is 11.9. The number of hydrogen-bond donors (Lipinski definition) is 0. The van der Waals surface area contributed by atoms with Crippen LogP contribution in [-0.2, 0) is 26.2 Å². The van der Waals surface area contributed by atoms with E-state index in [2.05, 4.69) is 5.10 Å². The minimum atomic E-state index is -3.80. The van der Waals surface area contributed by atoms with Gasteiger partial charge in [-0.3, -0.25) is 14.3 Å². The topological polar surface area (TPSA) is 95.8 Å². The van der Waals surface area contributed by atoms with Crippen molar-refractivity contribution >= 4 is 21.8 Å². The Kier molecular flexibility index (Phi) is 6.90. The van der Waals surface area contributed by atoms with Crippen LogP contribution in [0.3, 0.4) is 0 Å².